The molecule has 0 amide bonds. The first-order valence-electron chi connectivity index (χ1n) is 7.16. The first kappa shape index (κ1) is 14.4. The minimum atomic E-state index is 0.504. The Morgan fingerprint density at radius 3 is 2.17 bits per heavy atom. The SMILES string of the molecule is S=c1nc(-c2ccccc2)cc2c(Br)c(-c3ccccc3)[nH]n12. The van der Waals surface area contributed by atoms with Gasteiger partial charge in [-0.05, 0) is 34.2 Å². The van der Waals surface area contributed by atoms with E-state index in [4.69, 9.17) is 12.2 Å². The molecule has 1 N–H and O–H groups in total. The lowest BCUT2D eigenvalue weighted by atomic mass is 10.1. The summed E-state index contributed by atoms with van der Waals surface area (Å²) >= 11 is 9.17. The maximum atomic E-state index is 5.46. The summed E-state index contributed by atoms with van der Waals surface area (Å²) in [5.74, 6) is 0. The molecule has 0 radical (unpaired) electrons. The average Bonchev–Trinajstić information content (AvgIpc) is 2.94. The number of benzene rings is 2. The lowest BCUT2D eigenvalue weighted by Gasteiger charge is -2.02. The first-order chi connectivity index (χ1) is 11.2. The second-order valence-electron chi connectivity index (χ2n) is 5.18. The normalized spacial score (nSPS) is 11.0. The number of fused-ring (bicyclic) bond motifs is 1. The highest BCUT2D eigenvalue weighted by Crippen LogP contribution is 2.32. The molecule has 0 aliphatic carbocycles. The molecule has 0 fully saturated rings. The standard InChI is InChI=1S/C18H12BrN3S/c19-16-15-11-14(12-7-3-1-4-8-12)20-18(23)22(15)21-17(16)13-9-5-2-6-10-13/h1-11,21H. The Hall–Kier alpha value is -2.24. The second-order valence-corrected chi connectivity index (χ2v) is 6.34. The zero-order valence-electron chi connectivity index (χ0n) is 12.0. The lowest BCUT2D eigenvalue weighted by molar-refractivity contribution is 0.907. The number of aromatic nitrogens is 3. The number of H-pyrrole nitrogens is 1. The summed E-state index contributed by atoms with van der Waals surface area (Å²) < 4.78 is 3.31. The zero-order chi connectivity index (χ0) is 15.8. The topological polar surface area (TPSA) is 33.1 Å². The molecule has 0 saturated carbocycles. The van der Waals surface area contributed by atoms with Gasteiger partial charge in [-0.25, -0.2) is 9.50 Å². The number of hydrogen-bond acceptors (Lipinski definition) is 2. The molecule has 4 rings (SSSR count). The van der Waals surface area contributed by atoms with Crippen molar-refractivity contribution in [2.75, 3.05) is 0 Å². The molecule has 0 atom stereocenters. The molecule has 0 spiro atoms. The zero-order valence-corrected chi connectivity index (χ0v) is 14.4. The van der Waals surface area contributed by atoms with Gasteiger partial charge < -0.3 is 0 Å². The fourth-order valence-corrected chi connectivity index (χ4v) is 3.45. The van der Waals surface area contributed by atoms with Gasteiger partial charge in [-0.15, -0.1) is 0 Å². The first-order valence-corrected chi connectivity index (χ1v) is 8.36. The smallest absolute Gasteiger partial charge is 0.219 e. The van der Waals surface area contributed by atoms with Crippen molar-refractivity contribution in [3.63, 3.8) is 0 Å². The largest absolute Gasteiger partial charge is 0.290 e. The van der Waals surface area contributed by atoms with E-state index in [1.165, 1.54) is 0 Å². The summed E-state index contributed by atoms with van der Waals surface area (Å²) in [6, 6.07) is 22.2. The van der Waals surface area contributed by atoms with Crippen LogP contribution >= 0.6 is 28.1 Å². The van der Waals surface area contributed by atoms with Crippen molar-refractivity contribution in [1.29, 1.82) is 0 Å². The molecular weight excluding hydrogens is 370 g/mol. The lowest BCUT2D eigenvalue weighted by Crippen LogP contribution is -1.94. The van der Waals surface area contributed by atoms with Crippen LogP contribution in [-0.2, 0) is 0 Å². The molecule has 0 aliphatic heterocycles. The number of halogens is 1. The van der Waals surface area contributed by atoms with E-state index < -0.39 is 0 Å². The van der Waals surface area contributed by atoms with Crippen molar-refractivity contribution < 1.29 is 0 Å². The van der Waals surface area contributed by atoms with Crippen molar-refractivity contribution in [1.82, 2.24) is 14.6 Å². The Morgan fingerprint density at radius 2 is 1.52 bits per heavy atom. The van der Waals surface area contributed by atoms with Crippen LogP contribution in [0.15, 0.2) is 71.2 Å². The predicted molar refractivity (Wildman–Crippen MR) is 98.9 cm³/mol. The molecule has 0 aliphatic rings. The number of rotatable bonds is 2. The van der Waals surface area contributed by atoms with Crippen molar-refractivity contribution >= 4 is 33.7 Å². The molecule has 2 heterocycles. The minimum Gasteiger partial charge on any atom is -0.290 e. The van der Waals surface area contributed by atoms with Gasteiger partial charge in [0.15, 0.2) is 0 Å². The Morgan fingerprint density at radius 1 is 0.913 bits per heavy atom. The summed E-state index contributed by atoms with van der Waals surface area (Å²) in [5, 5.41) is 3.33. The van der Waals surface area contributed by atoms with Crippen LogP contribution < -0.4 is 0 Å². The molecule has 0 unspecified atom stereocenters. The van der Waals surface area contributed by atoms with E-state index in [0.29, 0.717) is 4.77 Å². The van der Waals surface area contributed by atoms with E-state index in [1.807, 2.05) is 59.1 Å². The summed E-state index contributed by atoms with van der Waals surface area (Å²) in [5.41, 5.74) is 4.98. The Labute approximate surface area is 146 Å². The van der Waals surface area contributed by atoms with Crippen LogP contribution in [0.1, 0.15) is 0 Å². The van der Waals surface area contributed by atoms with E-state index >= 15 is 0 Å². The highest BCUT2D eigenvalue weighted by molar-refractivity contribution is 9.10. The summed E-state index contributed by atoms with van der Waals surface area (Å²) in [7, 11) is 0. The fourth-order valence-electron chi connectivity index (χ4n) is 2.59. The van der Waals surface area contributed by atoms with E-state index in [-0.39, 0.29) is 0 Å². The molecule has 2 aromatic carbocycles. The maximum Gasteiger partial charge on any atom is 0.219 e. The third-order valence-corrected chi connectivity index (χ3v) is 4.80. The molecular formula is C18H12BrN3S. The van der Waals surface area contributed by atoms with Gasteiger partial charge in [-0.1, -0.05) is 60.7 Å². The van der Waals surface area contributed by atoms with Gasteiger partial charge >= 0.3 is 0 Å². The number of aromatic amines is 1. The van der Waals surface area contributed by atoms with E-state index in [2.05, 4.69) is 38.1 Å². The summed E-state index contributed by atoms with van der Waals surface area (Å²) in [6.07, 6.45) is 0. The van der Waals surface area contributed by atoms with Gasteiger partial charge in [0, 0.05) is 11.1 Å². The van der Waals surface area contributed by atoms with Crippen LogP contribution in [0.2, 0.25) is 0 Å². The summed E-state index contributed by atoms with van der Waals surface area (Å²) in [6.45, 7) is 0. The summed E-state index contributed by atoms with van der Waals surface area (Å²) in [4.78, 5) is 4.55. The van der Waals surface area contributed by atoms with Crippen molar-refractivity contribution in [3.05, 3.63) is 76.0 Å². The van der Waals surface area contributed by atoms with Crippen LogP contribution in [0.5, 0.6) is 0 Å². The molecule has 2 aromatic heterocycles. The van der Waals surface area contributed by atoms with Gasteiger partial charge in [-0.2, -0.15) is 0 Å². The molecule has 5 heteroatoms. The van der Waals surface area contributed by atoms with Crippen LogP contribution in [0.4, 0.5) is 0 Å². The average molecular weight is 382 g/mol. The van der Waals surface area contributed by atoms with Crippen LogP contribution in [-0.4, -0.2) is 14.6 Å². The maximum absolute atomic E-state index is 5.46. The minimum absolute atomic E-state index is 0.504. The van der Waals surface area contributed by atoms with Crippen LogP contribution in [0.3, 0.4) is 0 Å². The van der Waals surface area contributed by atoms with E-state index in [9.17, 15) is 0 Å². The molecule has 112 valence electrons. The predicted octanol–water partition coefficient (Wildman–Crippen LogP) is 5.49. The Kier molecular flexibility index (Phi) is 3.59. The van der Waals surface area contributed by atoms with Crippen LogP contribution in [0.25, 0.3) is 28.0 Å². The third kappa shape index (κ3) is 2.52. The molecule has 3 nitrogen and oxygen atoms in total. The molecule has 0 bridgehead atoms. The molecule has 0 saturated heterocycles. The molecule has 23 heavy (non-hydrogen) atoms. The van der Waals surface area contributed by atoms with Crippen LogP contribution in [0, 0.1) is 4.77 Å². The van der Waals surface area contributed by atoms with E-state index in [1.54, 1.807) is 0 Å². The van der Waals surface area contributed by atoms with Gasteiger partial charge in [0.25, 0.3) is 0 Å². The number of hydrogen-bond donors (Lipinski definition) is 1. The highest BCUT2D eigenvalue weighted by Gasteiger charge is 2.13. The third-order valence-electron chi connectivity index (χ3n) is 3.72. The number of nitrogens with zero attached hydrogens (tertiary/aromatic N) is 2. The quantitative estimate of drug-likeness (QED) is 0.465. The van der Waals surface area contributed by atoms with Crippen molar-refractivity contribution in [2.45, 2.75) is 0 Å². The van der Waals surface area contributed by atoms with Gasteiger partial charge in [0.1, 0.15) is 0 Å². The van der Waals surface area contributed by atoms with Gasteiger partial charge in [-0.3, -0.25) is 5.10 Å². The Balaban J connectivity index is 1.97. The number of nitrogens with one attached hydrogen (secondary N) is 1. The van der Waals surface area contributed by atoms with Gasteiger partial charge in [0.2, 0.25) is 4.77 Å². The monoisotopic (exact) mass is 381 g/mol. The van der Waals surface area contributed by atoms with Gasteiger partial charge in [0.05, 0.1) is 21.4 Å². The van der Waals surface area contributed by atoms with Crippen molar-refractivity contribution in [2.24, 2.45) is 0 Å². The second kappa shape index (κ2) is 5.76. The molecule has 4 aromatic rings. The van der Waals surface area contributed by atoms with Crippen molar-refractivity contribution in [3.8, 4) is 22.5 Å². The Bertz CT molecular complexity index is 1040. The fraction of sp³-hybridized carbons (Fsp3) is 0. The van der Waals surface area contributed by atoms with E-state index in [0.717, 1.165) is 32.5 Å². The highest BCUT2D eigenvalue weighted by atomic mass is 79.9.